The van der Waals surface area contributed by atoms with Crippen molar-refractivity contribution < 1.29 is 9.90 Å². The zero-order valence-corrected chi connectivity index (χ0v) is 13.4. The fourth-order valence-corrected chi connectivity index (χ4v) is 3.10. The molecular formula is C17H19N5O2. The predicted octanol–water partition coefficient (Wildman–Crippen LogP) is 2.14. The van der Waals surface area contributed by atoms with Gasteiger partial charge in [0, 0.05) is 13.0 Å². The van der Waals surface area contributed by atoms with Crippen LogP contribution in [0.1, 0.15) is 53.1 Å². The molecule has 2 aromatic rings. The lowest BCUT2D eigenvalue weighted by Gasteiger charge is -2.03. The SMILES string of the molecule is O=C(O)c1cn(CCCCc2cc3c(nn2)CC(C2CC2)=C3)nn1. The van der Waals surface area contributed by atoms with Gasteiger partial charge < -0.3 is 5.11 Å². The molecule has 1 N–H and O–H groups in total. The minimum Gasteiger partial charge on any atom is -0.476 e. The highest BCUT2D eigenvalue weighted by atomic mass is 16.4. The van der Waals surface area contributed by atoms with E-state index in [1.54, 1.807) is 4.68 Å². The lowest BCUT2D eigenvalue weighted by atomic mass is 10.1. The van der Waals surface area contributed by atoms with Crippen molar-refractivity contribution >= 4 is 12.0 Å². The van der Waals surface area contributed by atoms with E-state index >= 15 is 0 Å². The number of rotatable bonds is 7. The maximum atomic E-state index is 10.8. The number of aryl methyl sites for hydroxylation is 2. The second-order valence-electron chi connectivity index (χ2n) is 6.54. The second-order valence-corrected chi connectivity index (χ2v) is 6.54. The van der Waals surface area contributed by atoms with Crippen molar-refractivity contribution in [2.24, 2.45) is 5.92 Å². The summed E-state index contributed by atoms with van der Waals surface area (Å²) < 4.78 is 1.57. The number of aromatic nitrogens is 5. The summed E-state index contributed by atoms with van der Waals surface area (Å²) >= 11 is 0. The molecular weight excluding hydrogens is 306 g/mol. The zero-order valence-electron chi connectivity index (χ0n) is 13.4. The summed E-state index contributed by atoms with van der Waals surface area (Å²) in [5.74, 6) is -0.255. The van der Waals surface area contributed by atoms with Crippen molar-refractivity contribution in [3.63, 3.8) is 0 Å². The first kappa shape index (κ1) is 15.0. The van der Waals surface area contributed by atoms with E-state index < -0.39 is 5.97 Å². The summed E-state index contributed by atoms with van der Waals surface area (Å²) in [6.07, 6.45) is 10.1. The van der Waals surface area contributed by atoms with Crippen molar-refractivity contribution in [3.05, 3.63) is 40.5 Å². The molecule has 24 heavy (non-hydrogen) atoms. The molecule has 1 saturated carbocycles. The summed E-state index contributed by atoms with van der Waals surface area (Å²) in [4.78, 5) is 10.8. The first-order valence-electron chi connectivity index (χ1n) is 8.38. The van der Waals surface area contributed by atoms with Gasteiger partial charge in [-0.15, -0.1) is 5.10 Å². The highest BCUT2D eigenvalue weighted by Crippen LogP contribution is 2.41. The third-order valence-electron chi connectivity index (χ3n) is 4.60. The largest absolute Gasteiger partial charge is 0.476 e. The molecule has 0 atom stereocenters. The number of nitrogens with zero attached hydrogens (tertiary/aromatic N) is 5. The lowest BCUT2D eigenvalue weighted by Crippen LogP contribution is -2.02. The Bertz CT molecular complexity index is 807. The first-order chi connectivity index (χ1) is 11.7. The smallest absolute Gasteiger partial charge is 0.358 e. The van der Waals surface area contributed by atoms with E-state index in [9.17, 15) is 4.79 Å². The molecule has 124 valence electrons. The number of unbranched alkanes of at least 4 members (excludes halogenated alkanes) is 1. The molecule has 0 aromatic carbocycles. The Morgan fingerprint density at radius 2 is 2.12 bits per heavy atom. The second kappa shape index (κ2) is 6.14. The Labute approximate surface area is 139 Å². The Balaban J connectivity index is 1.29. The summed E-state index contributed by atoms with van der Waals surface area (Å²) in [5, 5.41) is 25.0. The Kier molecular flexibility index (Phi) is 3.84. The molecule has 7 nitrogen and oxygen atoms in total. The number of carbonyl (C=O) groups is 1. The number of fused-ring (bicyclic) bond motifs is 1. The maximum Gasteiger partial charge on any atom is 0.358 e. The quantitative estimate of drug-likeness (QED) is 0.784. The van der Waals surface area contributed by atoms with E-state index in [1.807, 2.05) is 0 Å². The van der Waals surface area contributed by atoms with Crippen LogP contribution in [0.4, 0.5) is 0 Å². The standard InChI is InChI=1S/C17H19N5O2/c23-17(24)16-10-22(21-20-16)6-2-1-3-14-8-13-7-12(11-4-5-11)9-15(13)19-18-14/h7-8,10-11H,1-6,9H2,(H,23,24). The molecule has 0 aliphatic heterocycles. The molecule has 0 radical (unpaired) electrons. The minimum absolute atomic E-state index is 0.0160. The number of carboxylic acid groups (broad SMARTS) is 1. The van der Waals surface area contributed by atoms with Crippen molar-refractivity contribution in [2.75, 3.05) is 0 Å². The number of hydrogen-bond donors (Lipinski definition) is 1. The van der Waals surface area contributed by atoms with E-state index in [1.165, 1.54) is 30.2 Å². The number of aromatic carboxylic acids is 1. The van der Waals surface area contributed by atoms with Gasteiger partial charge in [-0.25, -0.2) is 4.79 Å². The van der Waals surface area contributed by atoms with Crippen LogP contribution in [-0.4, -0.2) is 36.3 Å². The van der Waals surface area contributed by atoms with Crippen molar-refractivity contribution in [3.8, 4) is 0 Å². The molecule has 0 amide bonds. The van der Waals surface area contributed by atoms with Crippen LogP contribution in [0.5, 0.6) is 0 Å². The van der Waals surface area contributed by atoms with Gasteiger partial charge in [-0.2, -0.15) is 10.2 Å². The molecule has 2 aliphatic carbocycles. The molecule has 0 spiro atoms. The molecule has 0 bridgehead atoms. The van der Waals surface area contributed by atoms with E-state index in [2.05, 4.69) is 32.7 Å². The van der Waals surface area contributed by atoms with Gasteiger partial charge >= 0.3 is 5.97 Å². The van der Waals surface area contributed by atoms with Gasteiger partial charge in [0.15, 0.2) is 5.69 Å². The van der Waals surface area contributed by atoms with Crippen LogP contribution in [-0.2, 0) is 19.4 Å². The van der Waals surface area contributed by atoms with Crippen LogP contribution in [0.3, 0.4) is 0 Å². The van der Waals surface area contributed by atoms with Crippen LogP contribution in [0.2, 0.25) is 0 Å². The average molecular weight is 325 g/mol. The third kappa shape index (κ3) is 3.20. The van der Waals surface area contributed by atoms with Gasteiger partial charge in [-0.3, -0.25) is 4.68 Å². The van der Waals surface area contributed by atoms with Gasteiger partial charge in [-0.05, 0) is 49.7 Å². The van der Waals surface area contributed by atoms with Gasteiger partial charge in [0.1, 0.15) is 0 Å². The Morgan fingerprint density at radius 3 is 2.88 bits per heavy atom. The molecule has 0 unspecified atom stereocenters. The van der Waals surface area contributed by atoms with Crippen LogP contribution in [0, 0.1) is 5.92 Å². The topological polar surface area (TPSA) is 93.8 Å². The molecule has 1 fully saturated rings. The van der Waals surface area contributed by atoms with Crippen LogP contribution in [0.15, 0.2) is 17.8 Å². The first-order valence-corrected chi connectivity index (χ1v) is 8.38. The molecule has 2 aliphatic rings. The monoisotopic (exact) mass is 325 g/mol. The van der Waals surface area contributed by atoms with Crippen molar-refractivity contribution in [1.29, 1.82) is 0 Å². The van der Waals surface area contributed by atoms with Gasteiger partial charge in [0.25, 0.3) is 0 Å². The number of hydrogen-bond acceptors (Lipinski definition) is 5. The predicted molar refractivity (Wildman–Crippen MR) is 86.4 cm³/mol. The molecule has 2 aromatic heterocycles. The highest BCUT2D eigenvalue weighted by molar-refractivity contribution is 5.84. The fraction of sp³-hybridized carbons (Fsp3) is 0.471. The number of carboxylic acids is 1. The summed E-state index contributed by atoms with van der Waals surface area (Å²) in [6, 6.07) is 2.16. The van der Waals surface area contributed by atoms with Crippen LogP contribution >= 0.6 is 0 Å². The lowest BCUT2D eigenvalue weighted by molar-refractivity contribution is 0.0690. The van der Waals surface area contributed by atoms with E-state index in [4.69, 9.17) is 5.11 Å². The highest BCUT2D eigenvalue weighted by Gasteiger charge is 2.29. The minimum atomic E-state index is -1.05. The summed E-state index contributed by atoms with van der Waals surface area (Å²) in [6.45, 7) is 0.657. The van der Waals surface area contributed by atoms with Gasteiger partial charge in [0.05, 0.1) is 17.6 Å². The van der Waals surface area contributed by atoms with E-state index in [-0.39, 0.29) is 5.69 Å². The summed E-state index contributed by atoms with van der Waals surface area (Å²) in [7, 11) is 0. The Morgan fingerprint density at radius 1 is 1.25 bits per heavy atom. The van der Waals surface area contributed by atoms with Gasteiger partial charge in [0.2, 0.25) is 0 Å². The Hall–Kier alpha value is -2.57. The molecule has 0 saturated heterocycles. The molecule has 2 heterocycles. The van der Waals surface area contributed by atoms with Gasteiger partial charge in [-0.1, -0.05) is 16.9 Å². The maximum absolute atomic E-state index is 10.8. The molecule has 7 heteroatoms. The van der Waals surface area contributed by atoms with Crippen LogP contribution in [0.25, 0.3) is 6.08 Å². The van der Waals surface area contributed by atoms with Crippen molar-refractivity contribution in [2.45, 2.75) is 45.1 Å². The summed E-state index contributed by atoms with van der Waals surface area (Å²) in [5.41, 5.74) is 4.88. The third-order valence-corrected chi connectivity index (χ3v) is 4.60. The van der Waals surface area contributed by atoms with E-state index in [0.29, 0.717) is 6.54 Å². The normalized spacial score (nSPS) is 16.1. The van der Waals surface area contributed by atoms with Crippen molar-refractivity contribution in [1.82, 2.24) is 25.2 Å². The molecule has 4 rings (SSSR count). The average Bonchev–Trinajstić information content (AvgIpc) is 3.16. The fourth-order valence-electron chi connectivity index (χ4n) is 3.10. The number of allylic oxidation sites excluding steroid dienone is 1. The van der Waals surface area contributed by atoms with Crippen LogP contribution < -0.4 is 0 Å². The van der Waals surface area contributed by atoms with E-state index in [0.717, 1.165) is 43.0 Å². The zero-order chi connectivity index (χ0) is 16.5.